The summed E-state index contributed by atoms with van der Waals surface area (Å²) in [6.45, 7) is 4.27. The van der Waals surface area contributed by atoms with E-state index in [0.717, 1.165) is 4.83 Å². The molecule has 0 bridgehead atoms. The summed E-state index contributed by atoms with van der Waals surface area (Å²) in [5.74, 6) is -0.249. The monoisotopic (exact) mass is 209 g/mol. The number of rotatable bonds is 2. The molecule has 0 fully saturated rings. The molecule has 0 saturated carbocycles. The topological polar surface area (TPSA) is 30.7 Å². The number of nitrogens with zero attached hydrogens (tertiary/aromatic N) is 1. The van der Waals surface area contributed by atoms with Crippen molar-refractivity contribution in [1.29, 1.82) is 0 Å². The highest BCUT2D eigenvalue weighted by Gasteiger charge is 2.10. The van der Waals surface area contributed by atoms with Gasteiger partial charge in [-0.05, 0) is 19.9 Å². The van der Waals surface area contributed by atoms with Crippen molar-refractivity contribution in [2.24, 2.45) is 0 Å². The summed E-state index contributed by atoms with van der Waals surface area (Å²) in [4.78, 5) is 13.7. The van der Waals surface area contributed by atoms with E-state index in [1.54, 1.807) is 24.5 Å². The van der Waals surface area contributed by atoms with E-state index in [4.69, 9.17) is 4.74 Å². The molecule has 0 aromatic carbocycles. The number of ether oxygens (including phenoxy) is 1. The van der Waals surface area contributed by atoms with E-state index in [1.807, 2.05) is 23.6 Å². The molecule has 0 aliphatic rings. The summed E-state index contributed by atoms with van der Waals surface area (Å²) in [5.41, 5.74) is 0.623. The largest absolute Gasteiger partial charge is 0.462 e. The molecular formula is C10H11NO2S. The zero-order valence-electron chi connectivity index (χ0n) is 8.11. The van der Waals surface area contributed by atoms with Crippen molar-refractivity contribution in [3.05, 3.63) is 28.9 Å². The third kappa shape index (κ3) is 1.53. The summed E-state index contributed by atoms with van der Waals surface area (Å²) < 4.78 is 6.86. The van der Waals surface area contributed by atoms with Crippen molar-refractivity contribution >= 4 is 22.1 Å². The maximum absolute atomic E-state index is 11.4. The first-order valence-corrected chi connectivity index (χ1v) is 5.27. The number of hydrogen-bond donors (Lipinski definition) is 0. The minimum atomic E-state index is -0.249. The van der Waals surface area contributed by atoms with Gasteiger partial charge in [0.2, 0.25) is 0 Å². The molecule has 0 aliphatic heterocycles. The third-order valence-electron chi connectivity index (χ3n) is 1.91. The van der Waals surface area contributed by atoms with Crippen LogP contribution in [0.15, 0.2) is 18.5 Å². The van der Waals surface area contributed by atoms with Gasteiger partial charge in [0.1, 0.15) is 4.83 Å². The van der Waals surface area contributed by atoms with Crippen molar-refractivity contribution in [1.82, 2.24) is 4.40 Å². The highest BCUT2D eigenvalue weighted by atomic mass is 32.1. The molecule has 14 heavy (non-hydrogen) atoms. The first-order chi connectivity index (χ1) is 6.70. The fourth-order valence-corrected chi connectivity index (χ4v) is 2.25. The molecule has 0 amide bonds. The molecule has 0 unspecified atom stereocenters. The average molecular weight is 209 g/mol. The van der Waals surface area contributed by atoms with Gasteiger partial charge in [-0.15, -0.1) is 11.3 Å². The molecule has 2 rings (SSSR count). The van der Waals surface area contributed by atoms with Gasteiger partial charge in [0.15, 0.2) is 0 Å². The van der Waals surface area contributed by atoms with Gasteiger partial charge in [0.25, 0.3) is 0 Å². The Bertz CT molecular complexity index is 438. The van der Waals surface area contributed by atoms with E-state index in [9.17, 15) is 4.79 Å². The van der Waals surface area contributed by atoms with Crippen LogP contribution >= 0.6 is 11.3 Å². The third-order valence-corrected chi connectivity index (χ3v) is 2.87. The van der Waals surface area contributed by atoms with Gasteiger partial charge in [0, 0.05) is 17.3 Å². The summed E-state index contributed by atoms with van der Waals surface area (Å²) >= 11 is 1.66. The van der Waals surface area contributed by atoms with E-state index >= 15 is 0 Å². The van der Waals surface area contributed by atoms with Crippen LogP contribution in [0, 0.1) is 6.92 Å². The Morgan fingerprint density at radius 1 is 1.57 bits per heavy atom. The fourth-order valence-electron chi connectivity index (χ4n) is 1.35. The molecule has 0 aliphatic carbocycles. The lowest BCUT2D eigenvalue weighted by atomic mass is 10.3. The van der Waals surface area contributed by atoms with Crippen LogP contribution in [0.3, 0.4) is 0 Å². The second-order valence-corrected chi connectivity index (χ2v) is 4.30. The van der Waals surface area contributed by atoms with E-state index in [0.29, 0.717) is 12.2 Å². The first-order valence-electron chi connectivity index (χ1n) is 4.46. The van der Waals surface area contributed by atoms with Crippen LogP contribution in [-0.2, 0) is 4.74 Å². The maximum Gasteiger partial charge on any atom is 0.339 e. The highest BCUT2D eigenvalue weighted by molar-refractivity contribution is 7.17. The Morgan fingerprint density at radius 3 is 3.00 bits per heavy atom. The number of hydrogen-bond acceptors (Lipinski definition) is 3. The number of fused-ring (bicyclic) bond motifs is 1. The van der Waals surface area contributed by atoms with Crippen molar-refractivity contribution in [2.45, 2.75) is 13.8 Å². The van der Waals surface area contributed by atoms with Crippen molar-refractivity contribution in [2.75, 3.05) is 6.61 Å². The van der Waals surface area contributed by atoms with E-state index < -0.39 is 0 Å². The van der Waals surface area contributed by atoms with Crippen LogP contribution in [0.2, 0.25) is 0 Å². The molecule has 74 valence electrons. The SMILES string of the molecule is CCOC(=O)c1cc2sc(C)cn2c1. The lowest BCUT2D eigenvalue weighted by Crippen LogP contribution is -2.02. The highest BCUT2D eigenvalue weighted by Crippen LogP contribution is 2.20. The summed E-state index contributed by atoms with van der Waals surface area (Å²) in [6.07, 6.45) is 3.81. The summed E-state index contributed by atoms with van der Waals surface area (Å²) in [5, 5.41) is 0. The van der Waals surface area contributed by atoms with E-state index in [-0.39, 0.29) is 5.97 Å². The number of carbonyl (C=O) groups is 1. The molecule has 4 heteroatoms. The van der Waals surface area contributed by atoms with Gasteiger partial charge >= 0.3 is 5.97 Å². The Morgan fingerprint density at radius 2 is 2.36 bits per heavy atom. The lowest BCUT2D eigenvalue weighted by Gasteiger charge is -1.96. The number of esters is 1. The minimum absolute atomic E-state index is 0.249. The van der Waals surface area contributed by atoms with Gasteiger partial charge in [-0.1, -0.05) is 0 Å². The zero-order valence-corrected chi connectivity index (χ0v) is 8.93. The number of carbonyl (C=O) groups excluding carboxylic acids is 1. The molecule has 2 aromatic heterocycles. The average Bonchev–Trinajstić information content (AvgIpc) is 2.61. The van der Waals surface area contributed by atoms with Gasteiger partial charge in [-0.25, -0.2) is 4.79 Å². The second-order valence-electron chi connectivity index (χ2n) is 3.04. The first kappa shape index (κ1) is 9.27. The Kier molecular flexibility index (Phi) is 2.29. The molecule has 2 heterocycles. The van der Waals surface area contributed by atoms with Crippen molar-refractivity contribution in [3.63, 3.8) is 0 Å². The van der Waals surface area contributed by atoms with E-state index in [2.05, 4.69) is 0 Å². The molecule has 0 spiro atoms. The standard InChI is InChI=1S/C10H11NO2S/c1-3-13-10(12)8-4-9-11(6-8)5-7(2)14-9/h4-6H,3H2,1-2H3. The Hall–Kier alpha value is -1.29. The molecule has 3 nitrogen and oxygen atoms in total. The van der Waals surface area contributed by atoms with Crippen LogP contribution in [0.4, 0.5) is 0 Å². The van der Waals surface area contributed by atoms with Gasteiger partial charge < -0.3 is 9.14 Å². The number of aryl methyl sites for hydroxylation is 1. The van der Waals surface area contributed by atoms with Crippen LogP contribution in [0.25, 0.3) is 4.83 Å². The maximum atomic E-state index is 11.4. The van der Waals surface area contributed by atoms with Gasteiger partial charge in [0.05, 0.1) is 12.2 Å². The zero-order chi connectivity index (χ0) is 10.1. The van der Waals surface area contributed by atoms with Crippen LogP contribution in [0.5, 0.6) is 0 Å². The fraction of sp³-hybridized carbons (Fsp3) is 0.300. The van der Waals surface area contributed by atoms with E-state index in [1.165, 1.54) is 4.88 Å². The summed E-state index contributed by atoms with van der Waals surface area (Å²) in [7, 11) is 0. The lowest BCUT2D eigenvalue weighted by molar-refractivity contribution is 0.0526. The quantitative estimate of drug-likeness (QED) is 0.711. The minimum Gasteiger partial charge on any atom is -0.462 e. The molecule has 0 N–H and O–H groups in total. The van der Waals surface area contributed by atoms with Crippen LogP contribution < -0.4 is 0 Å². The van der Waals surface area contributed by atoms with Crippen molar-refractivity contribution in [3.8, 4) is 0 Å². The molecule has 0 radical (unpaired) electrons. The normalized spacial score (nSPS) is 10.7. The molecular weight excluding hydrogens is 198 g/mol. The predicted octanol–water partition coefficient (Wildman–Crippen LogP) is 2.49. The summed E-state index contributed by atoms with van der Waals surface area (Å²) in [6, 6.07) is 1.86. The number of thiazole rings is 1. The van der Waals surface area contributed by atoms with Gasteiger partial charge in [-0.3, -0.25) is 0 Å². The van der Waals surface area contributed by atoms with Crippen LogP contribution in [-0.4, -0.2) is 17.0 Å². The Balaban J connectivity index is 2.36. The van der Waals surface area contributed by atoms with Crippen LogP contribution in [0.1, 0.15) is 22.2 Å². The smallest absolute Gasteiger partial charge is 0.339 e. The Labute approximate surface area is 85.9 Å². The number of aromatic nitrogens is 1. The molecule has 2 aromatic rings. The van der Waals surface area contributed by atoms with Crippen molar-refractivity contribution < 1.29 is 9.53 Å². The molecule has 0 atom stereocenters. The second kappa shape index (κ2) is 3.46. The predicted molar refractivity (Wildman–Crippen MR) is 56.0 cm³/mol. The molecule has 0 saturated heterocycles. The van der Waals surface area contributed by atoms with Gasteiger partial charge in [-0.2, -0.15) is 0 Å².